The van der Waals surface area contributed by atoms with Crippen molar-refractivity contribution >= 4 is 29.7 Å². The first-order valence-corrected chi connectivity index (χ1v) is 14.8. The minimum atomic E-state index is -2.77. The summed E-state index contributed by atoms with van der Waals surface area (Å²) in [5, 5.41) is 22.8. The van der Waals surface area contributed by atoms with E-state index >= 15 is 0 Å². The maximum Gasteiger partial charge on any atom is 0.346 e. The number of hydrogen-bond acceptors (Lipinski definition) is 10. The van der Waals surface area contributed by atoms with Crippen LogP contribution in [-0.2, 0) is 44.7 Å². The van der Waals surface area contributed by atoms with Crippen LogP contribution in [-0.4, -0.2) is 88.0 Å². The number of nitrogens with two attached hydrogens (primary N) is 1. The number of hydrogen-bond donors (Lipinski definition) is 4. The fraction of sp³-hybridized carbons (Fsp3) is 0.645. The number of carboxylic acids is 1. The number of esters is 1. The topological polar surface area (TPSA) is 195 Å². The fourth-order valence-electron chi connectivity index (χ4n) is 4.18. The lowest BCUT2D eigenvalue weighted by Crippen LogP contribution is -2.70. The first kappa shape index (κ1) is 38.5. The lowest BCUT2D eigenvalue weighted by molar-refractivity contribution is -0.232. The van der Waals surface area contributed by atoms with Crippen LogP contribution >= 0.6 is 0 Å². The molecule has 1 rings (SSSR count). The number of carbonyl (C=O) groups is 5. The number of benzene rings is 1. The van der Waals surface area contributed by atoms with E-state index in [1.165, 1.54) is 34.8 Å². The Morgan fingerprint density at radius 1 is 1.05 bits per heavy atom. The summed E-state index contributed by atoms with van der Waals surface area (Å²) in [7, 11) is 1.39. The average Bonchev–Trinajstić information content (AvgIpc) is 2.95. The molecule has 5 atom stereocenters. The highest BCUT2D eigenvalue weighted by molar-refractivity contribution is 6.11. The van der Waals surface area contributed by atoms with E-state index in [1.807, 2.05) is 6.92 Å². The third kappa shape index (κ3) is 11.5. The van der Waals surface area contributed by atoms with Crippen molar-refractivity contribution in [3.8, 4) is 0 Å². The van der Waals surface area contributed by atoms with E-state index in [1.54, 1.807) is 37.3 Å². The lowest BCUT2D eigenvalue weighted by Gasteiger charge is -2.41. The summed E-state index contributed by atoms with van der Waals surface area (Å²) in [4.78, 5) is 72.9. The molecule has 0 aliphatic rings. The number of amides is 2. The van der Waals surface area contributed by atoms with E-state index in [-0.39, 0.29) is 18.9 Å². The van der Waals surface area contributed by atoms with Crippen LogP contribution in [0.4, 0.5) is 0 Å². The van der Waals surface area contributed by atoms with Gasteiger partial charge < -0.3 is 35.6 Å². The fourth-order valence-corrected chi connectivity index (χ4v) is 4.18. The number of methoxy groups -OCH3 is 1. The molecular formula is C31H49N3O10. The molecule has 0 aliphatic carbocycles. The Labute approximate surface area is 259 Å². The van der Waals surface area contributed by atoms with Crippen LogP contribution in [0.25, 0.3) is 0 Å². The summed E-state index contributed by atoms with van der Waals surface area (Å²) in [6, 6.07) is 5.15. The molecule has 2 amide bonds. The molecule has 0 saturated carbocycles. The summed E-state index contributed by atoms with van der Waals surface area (Å²) < 4.78 is 10.7. The van der Waals surface area contributed by atoms with Crippen LogP contribution in [0.1, 0.15) is 79.2 Å². The van der Waals surface area contributed by atoms with E-state index < -0.39 is 71.9 Å². The zero-order valence-corrected chi connectivity index (χ0v) is 26.8. The van der Waals surface area contributed by atoms with Gasteiger partial charge in [0.05, 0.1) is 18.6 Å². The van der Waals surface area contributed by atoms with Gasteiger partial charge in [0.1, 0.15) is 11.6 Å². The second-order valence-electron chi connectivity index (χ2n) is 11.9. The largest absolute Gasteiger partial charge is 0.480 e. The molecule has 44 heavy (non-hydrogen) atoms. The monoisotopic (exact) mass is 623 g/mol. The molecule has 5 N–H and O–H groups in total. The second kappa shape index (κ2) is 17.7. The molecule has 0 aliphatic heterocycles. The van der Waals surface area contributed by atoms with Gasteiger partial charge in [-0.3, -0.25) is 14.4 Å². The van der Waals surface area contributed by atoms with Gasteiger partial charge in [-0.05, 0) is 52.0 Å². The normalized spacial score (nSPS) is 15.6. The smallest absolute Gasteiger partial charge is 0.346 e. The minimum absolute atomic E-state index is 0.0166. The van der Waals surface area contributed by atoms with Gasteiger partial charge in [-0.15, -0.1) is 5.06 Å². The van der Waals surface area contributed by atoms with Crippen LogP contribution in [0.15, 0.2) is 30.3 Å². The molecule has 13 nitrogen and oxygen atoms in total. The molecule has 0 bridgehead atoms. The van der Waals surface area contributed by atoms with Gasteiger partial charge in [0.15, 0.2) is 0 Å². The van der Waals surface area contributed by atoms with Crippen LogP contribution < -0.4 is 11.1 Å². The molecule has 0 fully saturated rings. The highest BCUT2D eigenvalue weighted by atomic mass is 16.7. The van der Waals surface area contributed by atoms with E-state index in [0.29, 0.717) is 17.0 Å². The minimum Gasteiger partial charge on any atom is -0.480 e. The van der Waals surface area contributed by atoms with Gasteiger partial charge in [0.25, 0.3) is 17.4 Å². The number of aliphatic hydroxyl groups excluding tert-OH is 1. The number of nitrogens with one attached hydrogen (secondary N) is 1. The van der Waals surface area contributed by atoms with E-state index in [0.717, 1.165) is 12.8 Å². The first-order chi connectivity index (χ1) is 20.5. The van der Waals surface area contributed by atoms with Crippen molar-refractivity contribution in [2.75, 3.05) is 13.7 Å². The van der Waals surface area contributed by atoms with Gasteiger partial charge in [-0.25, -0.2) is 9.59 Å². The molecule has 0 aromatic heterocycles. The Kier molecular flexibility index (Phi) is 15.5. The van der Waals surface area contributed by atoms with E-state index in [4.69, 9.17) is 20.0 Å². The number of carbonyl (C=O) groups excluding carboxylic acids is 4. The van der Waals surface area contributed by atoms with Crippen molar-refractivity contribution in [2.24, 2.45) is 11.7 Å². The summed E-state index contributed by atoms with van der Waals surface area (Å²) >= 11 is 0. The Bertz CT molecular complexity index is 1110. The Hall–Kier alpha value is -3.55. The number of nitrogens with zero attached hydrogens (tertiary/aromatic N) is 1. The molecule has 0 spiro atoms. The van der Waals surface area contributed by atoms with Gasteiger partial charge >= 0.3 is 17.9 Å². The number of carboxylic acid groups (broad SMARTS) is 1. The van der Waals surface area contributed by atoms with Gasteiger partial charge in [-0.2, -0.15) is 0 Å². The van der Waals surface area contributed by atoms with Crippen molar-refractivity contribution in [3.63, 3.8) is 0 Å². The van der Waals surface area contributed by atoms with Crippen molar-refractivity contribution in [3.05, 3.63) is 35.9 Å². The maximum absolute atomic E-state index is 14.2. The van der Waals surface area contributed by atoms with Gasteiger partial charge in [-0.1, -0.05) is 57.0 Å². The molecule has 1 aromatic rings. The Balaban J connectivity index is 3.90. The molecular weight excluding hydrogens is 574 g/mol. The summed E-state index contributed by atoms with van der Waals surface area (Å²) in [6.45, 7) is 9.54. The highest BCUT2D eigenvalue weighted by Crippen LogP contribution is 2.29. The van der Waals surface area contributed by atoms with Crippen molar-refractivity contribution in [1.29, 1.82) is 0 Å². The molecule has 0 heterocycles. The highest BCUT2D eigenvalue weighted by Gasteiger charge is 2.59. The van der Waals surface area contributed by atoms with Gasteiger partial charge in [0.2, 0.25) is 0 Å². The summed E-state index contributed by atoms with van der Waals surface area (Å²) in [5.41, 5.74) is 2.55. The zero-order valence-electron chi connectivity index (χ0n) is 26.8. The van der Waals surface area contributed by atoms with E-state index in [9.17, 15) is 34.2 Å². The number of hydroxylamine groups is 2. The second-order valence-corrected chi connectivity index (χ2v) is 11.9. The lowest BCUT2D eigenvalue weighted by atomic mass is 9.87. The molecule has 13 heteroatoms. The molecule has 0 saturated heterocycles. The number of ether oxygens (including phenoxy) is 2. The molecule has 1 aromatic carbocycles. The maximum atomic E-state index is 14.2. The number of rotatable bonds is 17. The zero-order chi connectivity index (χ0) is 33.7. The van der Waals surface area contributed by atoms with Crippen LogP contribution in [0.3, 0.4) is 0 Å². The molecule has 0 unspecified atom stereocenters. The van der Waals surface area contributed by atoms with Crippen LogP contribution in [0.5, 0.6) is 0 Å². The standard InChI is InChI=1S/C31H49N3O10/c1-8-9-13-20(2)24(35)18-25(36)44-34(26(37)23(32)16-17-42-7)31(29(41)43-30(4,5)6,19-22-14-11-10-12-15-22)28(40)33-21(3)27(38)39/h10-12,14-15,20-21,23-24,35H,8-9,13,16-19,32H2,1-7H3,(H,33,40)(H,38,39)/t20-,21-,23-,24-,31-/m0/s1. The predicted molar refractivity (Wildman–Crippen MR) is 161 cm³/mol. The number of unbranched alkanes of at least 4 members (excludes halogenated alkanes) is 1. The predicted octanol–water partition coefficient (Wildman–Crippen LogP) is 2.13. The van der Waals surface area contributed by atoms with Gasteiger partial charge in [0, 0.05) is 20.1 Å². The van der Waals surface area contributed by atoms with Crippen LogP contribution in [0.2, 0.25) is 0 Å². The first-order valence-electron chi connectivity index (χ1n) is 14.8. The summed E-state index contributed by atoms with van der Waals surface area (Å²) in [6.07, 6.45) is -0.0575. The Morgan fingerprint density at radius 3 is 2.18 bits per heavy atom. The average molecular weight is 624 g/mol. The van der Waals surface area contributed by atoms with Crippen LogP contribution in [0, 0.1) is 5.92 Å². The molecule has 0 radical (unpaired) electrons. The van der Waals surface area contributed by atoms with Crippen molar-refractivity contribution < 1.29 is 48.5 Å². The number of aliphatic hydroxyl groups is 1. The third-order valence-corrected chi connectivity index (χ3v) is 6.87. The van der Waals surface area contributed by atoms with E-state index in [2.05, 4.69) is 5.32 Å². The Morgan fingerprint density at radius 2 is 1.66 bits per heavy atom. The molecule has 248 valence electrons. The van der Waals surface area contributed by atoms with Crippen molar-refractivity contribution in [2.45, 2.75) is 109 Å². The number of aliphatic carboxylic acids is 1. The quantitative estimate of drug-likeness (QED) is 0.113. The third-order valence-electron chi connectivity index (χ3n) is 6.87. The SMILES string of the molecule is CCCC[C@H](C)[C@@H](O)CC(=O)ON(C(=O)[C@@H](N)CCOC)[C@@](Cc1ccccc1)(C(=O)N[C@@H](C)C(=O)O)C(=O)OC(C)(C)C. The summed E-state index contributed by atoms with van der Waals surface area (Å²) in [5.74, 6) is -6.54. The van der Waals surface area contributed by atoms with Crippen molar-refractivity contribution in [1.82, 2.24) is 10.4 Å².